The molecule has 0 saturated heterocycles. The van der Waals surface area contributed by atoms with Crippen molar-refractivity contribution >= 4 is 23.2 Å². The minimum atomic E-state index is -0.376. The van der Waals surface area contributed by atoms with Crippen molar-refractivity contribution in [2.24, 2.45) is 0 Å². The molecule has 104 valence electrons. The lowest BCUT2D eigenvalue weighted by Crippen LogP contribution is -2.13. The first-order valence-electron chi connectivity index (χ1n) is 5.92. The molecule has 0 aromatic heterocycles. The topological polar surface area (TPSA) is 38.3 Å². The number of anilines is 1. The molecule has 0 aliphatic rings. The molecule has 0 aliphatic heterocycles. The zero-order chi connectivity index (χ0) is 14.7. The summed E-state index contributed by atoms with van der Waals surface area (Å²) in [6.07, 6.45) is 0. The zero-order valence-corrected chi connectivity index (χ0v) is 11.8. The third-order valence-electron chi connectivity index (χ3n) is 2.85. The molecule has 0 bridgehead atoms. The fourth-order valence-corrected chi connectivity index (χ4v) is 1.96. The number of hydrogen-bond acceptors (Lipinski definition) is 2. The van der Waals surface area contributed by atoms with Crippen LogP contribution in [0.1, 0.15) is 15.9 Å². The van der Waals surface area contributed by atoms with Crippen LogP contribution in [0, 0.1) is 12.7 Å². The molecule has 0 radical (unpaired) electrons. The standard InChI is InChI=1S/C15H13ClFNO2/c1-9-7-10(17)3-5-12(9)15(19)18-14-8-11(20-2)4-6-13(14)16/h3-8H,1-2H3,(H,18,19). The van der Waals surface area contributed by atoms with Crippen LogP contribution in [0.2, 0.25) is 5.02 Å². The Hall–Kier alpha value is -2.07. The van der Waals surface area contributed by atoms with E-state index < -0.39 is 0 Å². The largest absolute Gasteiger partial charge is 0.497 e. The van der Waals surface area contributed by atoms with Crippen LogP contribution in [0.3, 0.4) is 0 Å². The van der Waals surface area contributed by atoms with Crippen LogP contribution in [-0.2, 0) is 0 Å². The number of carbonyl (C=O) groups is 1. The average Bonchev–Trinajstić information content (AvgIpc) is 2.41. The van der Waals surface area contributed by atoms with Crippen molar-refractivity contribution in [2.45, 2.75) is 6.92 Å². The first-order chi connectivity index (χ1) is 9.51. The Balaban J connectivity index is 2.27. The second-order valence-electron chi connectivity index (χ2n) is 4.26. The minimum absolute atomic E-state index is 0.349. The summed E-state index contributed by atoms with van der Waals surface area (Å²) in [5, 5.41) is 3.09. The van der Waals surface area contributed by atoms with Gasteiger partial charge in [0.05, 0.1) is 17.8 Å². The van der Waals surface area contributed by atoms with Crippen LogP contribution in [0.4, 0.5) is 10.1 Å². The van der Waals surface area contributed by atoms with E-state index in [0.29, 0.717) is 27.6 Å². The molecule has 5 heteroatoms. The molecule has 0 atom stereocenters. The number of methoxy groups -OCH3 is 1. The van der Waals surface area contributed by atoms with E-state index in [4.69, 9.17) is 16.3 Å². The van der Waals surface area contributed by atoms with Gasteiger partial charge in [0, 0.05) is 11.6 Å². The van der Waals surface area contributed by atoms with Gasteiger partial charge >= 0.3 is 0 Å². The summed E-state index contributed by atoms with van der Waals surface area (Å²) >= 11 is 6.02. The highest BCUT2D eigenvalue weighted by Crippen LogP contribution is 2.27. The molecule has 2 rings (SSSR count). The van der Waals surface area contributed by atoms with Crippen molar-refractivity contribution in [3.63, 3.8) is 0 Å². The van der Waals surface area contributed by atoms with Crippen LogP contribution in [0.15, 0.2) is 36.4 Å². The van der Waals surface area contributed by atoms with E-state index in [9.17, 15) is 9.18 Å². The second-order valence-corrected chi connectivity index (χ2v) is 4.67. The molecule has 1 amide bonds. The first kappa shape index (κ1) is 14.3. The number of halogens is 2. The van der Waals surface area contributed by atoms with Crippen molar-refractivity contribution in [1.82, 2.24) is 0 Å². The van der Waals surface area contributed by atoms with Crippen LogP contribution in [0.25, 0.3) is 0 Å². The summed E-state index contributed by atoms with van der Waals surface area (Å²) in [5.74, 6) is -0.142. The second kappa shape index (κ2) is 5.92. The normalized spacial score (nSPS) is 10.2. The van der Waals surface area contributed by atoms with Crippen molar-refractivity contribution in [3.8, 4) is 5.75 Å². The smallest absolute Gasteiger partial charge is 0.255 e. The number of aryl methyl sites for hydroxylation is 1. The van der Waals surface area contributed by atoms with E-state index in [1.165, 1.54) is 25.3 Å². The molecule has 3 nitrogen and oxygen atoms in total. The molecule has 0 saturated carbocycles. The Morgan fingerprint density at radius 1 is 1.25 bits per heavy atom. The number of rotatable bonds is 3. The molecule has 20 heavy (non-hydrogen) atoms. The molecule has 2 aromatic carbocycles. The van der Waals surface area contributed by atoms with Crippen molar-refractivity contribution in [1.29, 1.82) is 0 Å². The lowest BCUT2D eigenvalue weighted by Gasteiger charge is -2.10. The Bertz CT molecular complexity index is 658. The molecule has 0 heterocycles. The van der Waals surface area contributed by atoms with Crippen molar-refractivity contribution in [3.05, 3.63) is 58.4 Å². The van der Waals surface area contributed by atoms with E-state index in [1.54, 1.807) is 25.1 Å². The molecule has 1 N–H and O–H groups in total. The van der Waals surface area contributed by atoms with E-state index in [0.717, 1.165) is 0 Å². The van der Waals surface area contributed by atoms with Crippen molar-refractivity contribution in [2.75, 3.05) is 12.4 Å². The number of ether oxygens (including phenoxy) is 1. The van der Waals surface area contributed by atoms with E-state index >= 15 is 0 Å². The molecular weight excluding hydrogens is 281 g/mol. The lowest BCUT2D eigenvalue weighted by molar-refractivity contribution is 0.102. The third kappa shape index (κ3) is 3.08. The summed E-state index contributed by atoms with van der Waals surface area (Å²) in [7, 11) is 1.53. The highest BCUT2D eigenvalue weighted by atomic mass is 35.5. The summed E-state index contributed by atoms with van der Waals surface area (Å²) < 4.78 is 18.1. The number of nitrogens with one attached hydrogen (secondary N) is 1. The predicted octanol–water partition coefficient (Wildman–Crippen LogP) is 4.05. The van der Waals surface area contributed by atoms with Gasteiger partial charge in [-0.05, 0) is 42.8 Å². The van der Waals surface area contributed by atoms with Crippen LogP contribution in [0.5, 0.6) is 5.75 Å². The van der Waals surface area contributed by atoms with Gasteiger partial charge in [-0.3, -0.25) is 4.79 Å². The van der Waals surface area contributed by atoms with Crippen LogP contribution in [-0.4, -0.2) is 13.0 Å². The van der Waals surface area contributed by atoms with E-state index in [2.05, 4.69) is 5.32 Å². The van der Waals surface area contributed by atoms with Gasteiger partial charge < -0.3 is 10.1 Å². The van der Waals surface area contributed by atoms with Gasteiger partial charge in [0.2, 0.25) is 0 Å². The Morgan fingerprint density at radius 2 is 2.00 bits per heavy atom. The maximum atomic E-state index is 13.0. The molecule has 0 fully saturated rings. The maximum absolute atomic E-state index is 13.0. The molecule has 0 unspecified atom stereocenters. The van der Waals surface area contributed by atoms with Crippen LogP contribution < -0.4 is 10.1 Å². The molecule has 0 spiro atoms. The lowest BCUT2D eigenvalue weighted by atomic mass is 10.1. The summed E-state index contributed by atoms with van der Waals surface area (Å²) in [6.45, 7) is 1.67. The van der Waals surface area contributed by atoms with Gasteiger partial charge in [0.25, 0.3) is 5.91 Å². The van der Waals surface area contributed by atoms with Gasteiger partial charge in [-0.25, -0.2) is 4.39 Å². The predicted molar refractivity (Wildman–Crippen MR) is 77.1 cm³/mol. The molecule has 2 aromatic rings. The Labute approximate surface area is 121 Å². The Kier molecular flexibility index (Phi) is 4.25. The number of benzene rings is 2. The van der Waals surface area contributed by atoms with Gasteiger partial charge in [-0.1, -0.05) is 11.6 Å². The quantitative estimate of drug-likeness (QED) is 0.927. The Morgan fingerprint density at radius 3 is 2.65 bits per heavy atom. The summed E-state index contributed by atoms with van der Waals surface area (Å²) in [6, 6.07) is 8.94. The molecular formula is C15H13ClFNO2. The fraction of sp³-hybridized carbons (Fsp3) is 0.133. The van der Waals surface area contributed by atoms with Gasteiger partial charge in [-0.2, -0.15) is 0 Å². The third-order valence-corrected chi connectivity index (χ3v) is 3.18. The molecule has 0 aliphatic carbocycles. The SMILES string of the molecule is COc1ccc(Cl)c(NC(=O)c2ccc(F)cc2C)c1. The van der Waals surface area contributed by atoms with E-state index in [1.807, 2.05) is 0 Å². The minimum Gasteiger partial charge on any atom is -0.497 e. The summed E-state index contributed by atoms with van der Waals surface area (Å²) in [4.78, 5) is 12.2. The maximum Gasteiger partial charge on any atom is 0.255 e. The monoisotopic (exact) mass is 293 g/mol. The van der Waals surface area contributed by atoms with E-state index in [-0.39, 0.29) is 11.7 Å². The zero-order valence-electron chi connectivity index (χ0n) is 11.0. The van der Waals surface area contributed by atoms with Gasteiger partial charge in [0.15, 0.2) is 0 Å². The number of hydrogen-bond donors (Lipinski definition) is 1. The van der Waals surface area contributed by atoms with Gasteiger partial charge in [-0.15, -0.1) is 0 Å². The highest BCUT2D eigenvalue weighted by molar-refractivity contribution is 6.34. The fourth-order valence-electron chi connectivity index (χ4n) is 1.80. The average molecular weight is 294 g/mol. The number of carbonyl (C=O) groups excluding carboxylic acids is 1. The first-order valence-corrected chi connectivity index (χ1v) is 6.30. The van der Waals surface area contributed by atoms with Gasteiger partial charge in [0.1, 0.15) is 11.6 Å². The van der Waals surface area contributed by atoms with Crippen LogP contribution >= 0.6 is 11.6 Å². The van der Waals surface area contributed by atoms with Crippen molar-refractivity contribution < 1.29 is 13.9 Å². The number of amides is 1. The summed E-state index contributed by atoms with van der Waals surface area (Å²) in [5.41, 5.74) is 1.39. The highest BCUT2D eigenvalue weighted by Gasteiger charge is 2.12.